The van der Waals surface area contributed by atoms with Crippen molar-refractivity contribution in [2.75, 3.05) is 36.0 Å². The molecular formula is C50H44N2. The van der Waals surface area contributed by atoms with Crippen molar-refractivity contribution in [3.05, 3.63) is 151 Å². The highest BCUT2D eigenvalue weighted by molar-refractivity contribution is 6.22. The van der Waals surface area contributed by atoms with Gasteiger partial charge in [-0.05, 0) is 158 Å². The van der Waals surface area contributed by atoms with E-state index in [-0.39, 0.29) is 0 Å². The van der Waals surface area contributed by atoms with Gasteiger partial charge in [0.1, 0.15) is 0 Å². The Labute approximate surface area is 307 Å². The Morgan fingerprint density at radius 3 is 1.52 bits per heavy atom. The summed E-state index contributed by atoms with van der Waals surface area (Å²) in [5, 5.41) is 5.30. The quantitative estimate of drug-likeness (QED) is 0.168. The van der Waals surface area contributed by atoms with Crippen molar-refractivity contribution in [2.45, 2.75) is 38.5 Å². The maximum Gasteiger partial charge on any atom is 0.0372 e. The maximum absolute atomic E-state index is 4.52. The predicted molar refractivity (Wildman–Crippen MR) is 223 cm³/mol. The Hall–Kier alpha value is -5.60. The Bertz CT molecular complexity index is 2500. The summed E-state index contributed by atoms with van der Waals surface area (Å²) in [6, 6.07) is 50.6. The van der Waals surface area contributed by atoms with Crippen LogP contribution in [0.15, 0.2) is 140 Å². The van der Waals surface area contributed by atoms with Crippen LogP contribution in [0.2, 0.25) is 0 Å². The number of nitrogens with zero attached hydrogens (tertiary/aromatic N) is 2. The van der Waals surface area contributed by atoms with Gasteiger partial charge in [0, 0.05) is 37.6 Å². The minimum atomic E-state index is 1.12. The van der Waals surface area contributed by atoms with Gasteiger partial charge in [0.05, 0.1) is 0 Å². The van der Waals surface area contributed by atoms with Gasteiger partial charge in [-0.15, -0.1) is 0 Å². The Kier molecular flexibility index (Phi) is 7.71. The second-order valence-electron chi connectivity index (χ2n) is 15.0. The molecule has 2 heterocycles. The molecule has 0 atom stereocenters. The van der Waals surface area contributed by atoms with Gasteiger partial charge in [-0.1, -0.05) is 104 Å². The molecule has 3 aliphatic rings. The average Bonchev–Trinajstić information content (AvgIpc) is 3.51. The van der Waals surface area contributed by atoms with E-state index in [9.17, 15) is 0 Å². The van der Waals surface area contributed by atoms with Gasteiger partial charge in [0.2, 0.25) is 0 Å². The van der Waals surface area contributed by atoms with Crippen LogP contribution in [0.3, 0.4) is 0 Å². The summed E-state index contributed by atoms with van der Waals surface area (Å²) in [5.74, 6) is 0. The molecule has 0 N–H and O–H groups in total. The Morgan fingerprint density at radius 1 is 0.346 bits per heavy atom. The van der Waals surface area contributed by atoms with E-state index in [2.05, 4.69) is 150 Å². The molecule has 0 unspecified atom stereocenters. The molecule has 2 nitrogen and oxygen atoms in total. The molecule has 10 rings (SSSR count). The highest BCUT2D eigenvalue weighted by atomic mass is 15.1. The minimum absolute atomic E-state index is 1.12. The minimum Gasteiger partial charge on any atom is -0.372 e. The summed E-state index contributed by atoms with van der Waals surface area (Å²) in [6.07, 6.45) is 7.71. The number of hydrogen-bond acceptors (Lipinski definition) is 2. The lowest BCUT2D eigenvalue weighted by molar-refractivity contribution is 0.578. The van der Waals surface area contributed by atoms with Crippen LogP contribution in [-0.2, 0) is 0 Å². The molecular weight excluding hydrogens is 629 g/mol. The summed E-state index contributed by atoms with van der Waals surface area (Å²) in [6.45, 7) is 9.03. The molecule has 0 saturated carbocycles. The molecule has 0 radical (unpaired) electrons. The maximum atomic E-state index is 4.52. The lowest BCUT2D eigenvalue weighted by Crippen LogP contribution is -2.29. The molecule has 0 bridgehead atoms. The third-order valence-electron chi connectivity index (χ3n) is 12.0. The first-order chi connectivity index (χ1) is 25.7. The van der Waals surface area contributed by atoms with Crippen molar-refractivity contribution in [1.29, 1.82) is 0 Å². The number of rotatable bonds is 5. The number of piperidine rings is 2. The number of hydrogen-bond donors (Lipinski definition) is 0. The SMILES string of the molecule is C=C1c2ccccc2-c2ccc(-c3cccc(-c4c5ccc(N6CCCCC6)cc5c(-c5ccccc5)c5ccc(N6CCCCC6)cc45)c3)cc21. The Balaban J connectivity index is 1.20. The topological polar surface area (TPSA) is 6.48 Å². The van der Waals surface area contributed by atoms with Gasteiger partial charge in [-0.3, -0.25) is 0 Å². The fourth-order valence-electron chi connectivity index (χ4n) is 9.32. The molecule has 0 amide bonds. The third-order valence-corrected chi connectivity index (χ3v) is 12.0. The van der Waals surface area contributed by atoms with Crippen LogP contribution in [-0.4, -0.2) is 26.2 Å². The molecule has 2 fully saturated rings. The van der Waals surface area contributed by atoms with Crippen LogP contribution in [0.25, 0.3) is 71.6 Å². The van der Waals surface area contributed by atoms with Crippen molar-refractivity contribution < 1.29 is 0 Å². The molecule has 7 aromatic rings. The van der Waals surface area contributed by atoms with Crippen LogP contribution < -0.4 is 9.80 Å². The molecule has 1 aliphatic carbocycles. The van der Waals surface area contributed by atoms with Gasteiger partial charge in [0.15, 0.2) is 0 Å². The molecule has 2 saturated heterocycles. The van der Waals surface area contributed by atoms with Crippen LogP contribution in [0, 0.1) is 0 Å². The molecule has 7 aromatic carbocycles. The monoisotopic (exact) mass is 672 g/mol. The van der Waals surface area contributed by atoms with Crippen molar-refractivity contribution >= 4 is 38.5 Å². The van der Waals surface area contributed by atoms with Crippen molar-refractivity contribution in [2.24, 2.45) is 0 Å². The van der Waals surface area contributed by atoms with E-state index in [1.165, 1.54) is 127 Å². The second kappa shape index (κ2) is 12.9. The highest BCUT2D eigenvalue weighted by Gasteiger charge is 2.24. The average molecular weight is 673 g/mol. The second-order valence-corrected chi connectivity index (χ2v) is 15.0. The fourth-order valence-corrected chi connectivity index (χ4v) is 9.32. The number of anilines is 2. The van der Waals surface area contributed by atoms with Crippen molar-refractivity contribution in [3.8, 4) is 44.5 Å². The number of fused-ring (bicyclic) bond motifs is 5. The zero-order valence-electron chi connectivity index (χ0n) is 29.9. The first-order valence-electron chi connectivity index (χ1n) is 19.3. The Morgan fingerprint density at radius 2 is 0.865 bits per heavy atom. The predicted octanol–water partition coefficient (Wildman–Crippen LogP) is 13.0. The molecule has 2 aliphatic heterocycles. The van der Waals surface area contributed by atoms with Crippen molar-refractivity contribution in [3.63, 3.8) is 0 Å². The van der Waals surface area contributed by atoms with Crippen LogP contribution in [0.4, 0.5) is 11.4 Å². The molecule has 0 spiro atoms. The van der Waals surface area contributed by atoms with E-state index in [1.807, 2.05) is 0 Å². The highest BCUT2D eigenvalue weighted by Crippen LogP contribution is 2.48. The van der Waals surface area contributed by atoms with Gasteiger partial charge in [-0.25, -0.2) is 0 Å². The van der Waals surface area contributed by atoms with Crippen LogP contribution in [0.5, 0.6) is 0 Å². The molecule has 0 aromatic heterocycles. The zero-order valence-corrected chi connectivity index (χ0v) is 29.9. The lowest BCUT2D eigenvalue weighted by Gasteiger charge is -2.30. The summed E-state index contributed by atoms with van der Waals surface area (Å²) in [7, 11) is 0. The van der Waals surface area contributed by atoms with Crippen LogP contribution in [0.1, 0.15) is 49.7 Å². The van der Waals surface area contributed by atoms with Crippen LogP contribution >= 0.6 is 0 Å². The van der Waals surface area contributed by atoms with E-state index in [1.54, 1.807) is 0 Å². The zero-order chi connectivity index (χ0) is 34.6. The standard InChI is InChI=1S/C50H44N2/c1-34-41-18-7-8-19-42(41)43-23-20-37(31-46(34)43)36-16-13-17-38(30-36)50-45-25-22-39(51-26-9-3-10-27-51)32-47(45)49(35-14-5-2-6-15-35)44-24-21-40(33-48(44)50)52-28-11-4-12-29-52/h2,5-8,13-25,30-33H,1,3-4,9-12,26-29H2. The first-order valence-corrected chi connectivity index (χ1v) is 19.3. The number of benzene rings is 7. The van der Waals surface area contributed by atoms with Gasteiger partial charge in [0.25, 0.3) is 0 Å². The van der Waals surface area contributed by atoms with Crippen molar-refractivity contribution in [1.82, 2.24) is 0 Å². The summed E-state index contributed by atoms with van der Waals surface area (Å²) < 4.78 is 0. The molecule has 2 heteroatoms. The largest absolute Gasteiger partial charge is 0.372 e. The molecule has 52 heavy (non-hydrogen) atoms. The lowest BCUT2D eigenvalue weighted by atomic mass is 9.84. The van der Waals surface area contributed by atoms with E-state index in [0.717, 1.165) is 31.8 Å². The molecule has 254 valence electrons. The van der Waals surface area contributed by atoms with Gasteiger partial charge < -0.3 is 9.80 Å². The van der Waals surface area contributed by atoms with E-state index >= 15 is 0 Å². The summed E-state index contributed by atoms with van der Waals surface area (Å²) in [4.78, 5) is 5.20. The normalized spacial score (nSPS) is 15.7. The van der Waals surface area contributed by atoms with E-state index < -0.39 is 0 Å². The summed E-state index contributed by atoms with van der Waals surface area (Å²) in [5.41, 5.74) is 16.5. The third kappa shape index (κ3) is 5.23. The smallest absolute Gasteiger partial charge is 0.0372 e. The summed E-state index contributed by atoms with van der Waals surface area (Å²) >= 11 is 0. The van der Waals surface area contributed by atoms with E-state index in [0.29, 0.717) is 0 Å². The first kappa shape index (κ1) is 31.2. The fraction of sp³-hybridized carbons (Fsp3) is 0.200. The van der Waals surface area contributed by atoms with Gasteiger partial charge >= 0.3 is 0 Å². The van der Waals surface area contributed by atoms with Gasteiger partial charge in [-0.2, -0.15) is 0 Å². The van der Waals surface area contributed by atoms with E-state index in [4.69, 9.17) is 0 Å².